The maximum Gasteiger partial charge on any atom is 0.227 e. The molecule has 1 fully saturated rings. The van der Waals surface area contributed by atoms with E-state index in [1.807, 2.05) is 24.3 Å². The summed E-state index contributed by atoms with van der Waals surface area (Å²) < 4.78 is 0. The number of hydrogen-bond donors (Lipinski definition) is 1. The molecule has 4 nitrogen and oxygen atoms in total. The van der Waals surface area contributed by atoms with Gasteiger partial charge in [-0.05, 0) is 48.9 Å². The van der Waals surface area contributed by atoms with E-state index in [0.29, 0.717) is 23.0 Å². The molecule has 5 heteroatoms. The Balaban J connectivity index is 1.63. The summed E-state index contributed by atoms with van der Waals surface area (Å²) >= 11 is 5.87. The molecule has 1 saturated carbocycles. The van der Waals surface area contributed by atoms with E-state index in [9.17, 15) is 4.79 Å². The fraction of sp³-hybridized carbons (Fsp3) is 0.312. The molecule has 0 radical (unpaired) electrons. The maximum absolute atomic E-state index is 12.1. The maximum atomic E-state index is 12.1. The molecule has 106 valence electrons. The predicted octanol–water partition coefficient (Wildman–Crippen LogP) is 3.78. The van der Waals surface area contributed by atoms with Crippen LogP contribution in [0.4, 0.5) is 11.6 Å². The van der Waals surface area contributed by atoms with Crippen LogP contribution in [0, 0.1) is 5.41 Å². The predicted molar refractivity (Wildman–Crippen MR) is 81.1 cm³/mol. The Labute approximate surface area is 127 Å². The Morgan fingerprint density at radius 2 is 1.90 bits per heavy atom. The van der Waals surface area contributed by atoms with Crippen LogP contribution in [0.2, 0.25) is 5.02 Å². The van der Waals surface area contributed by atoms with E-state index in [1.165, 1.54) is 0 Å². The van der Waals surface area contributed by atoms with Gasteiger partial charge in [-0.3, -0.25) is 4.79 Å². The van der Waals surface area contributed by atoms with Gasteiger partial charge in [0.05, 0.1) is 11.3 Å². The molecule has 0 saturated heterocycles. The molecule has 0 amide bonds. The summed E-state index contributed by atoms with van der Waals surface area (Å²) in [6, 6.07) is 7.37. The number of ketones is 1. The van der Waals surface area contributed by atoms with E-state index in [4.69, 9.17) is 11.6 Å². The fourth-order valence-corrected chi connectivity index (χ4v) is 3.02. The van der Waals surface area contributed by atoms with Gasteiger partial charge in [-0.2, -0.15) is 0 Å². The number of anilines is 2. The third kappa shape index (κ3) is 2.40. The Morgan fingerprint density at radius 1 is 1.14 bits per heavy atom. The van der Waals surface area contributed by atoms with Crippen molar-refractivity contribution in [1.29, 1.82) is 0 Å². The van der Waals surface area contributed by atoms with E-state index in [2.05, 4.69) is 15.3 Å². The number of carbonyl (C=O) groups excluding carboxylic acids is 1. The molecular weight excluding hydrogens is 286 g/mol. The van der Waals surface area contributed by atoms with E-state index in [1.54, 1.807) is 6.20 Å². The van der Waals surface area contributed by atoms with Crippen molar-refractivity contribution in [2.45, 2.75) is 25.7 Å². The van der Waals surface area contributed by atoms with Crippen molar-refractivity contribution < 1.29 is 4.79 Å². The first kappa shape index (κ1) is 12.8. The smallest absolute Gasteiger partial charge is 0.227 e. The van der Waals surface area contributed by atoms with Gasteiger partial charge in [0.2, 0.25) is 5.95 Å². The molecule has 1 N–H and O–H groups in total. The normalized spacial score (nSPS) is 18.4. The number of Topliss-reactive ketones (excluding diaryl/α,β-unsaturated/α-hetero) is 1. The molecular formula is C16H14ClN3O. The number of hydrogen-bond acceptors (Lipinski definition) is 4. The molecule has 0 bridgehead atoms. The van der Waals surface area contributed by atoms with Gasteiger partial charge in [0, 0.05) is 23.3 Å². The van der Waals surface area contributed by atoms with Crippen molar-refractivity contribution in [3.8, 4) is 0 Å². The highest BCUT2D eigenvalue weighted by Gasteiger charge is 2.48. The Kier molecular flexibility index (Phi) is 2.76. The summed E-state index contributed by atoms with van der Waals surface area (Å²) in [5.74, 6) is 0.716. The Bertz CT molecular complexity index is 723. The first-order chi connectivity index (χ1) is 10.1. The third-order valence-corrected chi connectivity index (χ3v) is 4.56. The molecule has 4 rings (SSSR count). The molecule has 1 spiro atoms. The largest absolute Gasteiger partial charge is 0.324 e. The van der Waals surface area contributed by atoms with Crippen LogP contribution in [0.25, 0.3) is 0 Å². The van der Waals surface area contributed by atoms with Gasteiger partial charge in [-0.25, -0.2) is 9.97 Å². The molecule has 2 aliphatic rings. The van der Waals surface area contributed by atoms with Gasteiger partial charge in [-0.15, -0.1) is 0 Å². The number of fused-ring (bicyclic) bond motifs is 1. The third-order valence-electron chi connectivity index (χ3n) is 4.30. The van der Waals surface area contributed by atoms with Crippen LogP contribution in [0.5, 0.6) is 0 Å². The summed E-state index contributed by atoms with van der Waals surface area (Å²) in [6.45, 7) is 0. The number of nitrogens with one attached hydrogen (secondary N) is 1. The first-order valence-corrected chi connectivity index (χ1v) is 7.43. The van der Waals surface area contributed by atoms with Gasteiger partial charge >= 0.3 is 0 Å². The topological polar surface area (TPSA) is 54.9 Å². The molecule has 2 aromatic rings. The van der Waals surface area contributed by atoms with Gasteiger partial charge in [0.1, 0.15) is 0 Å². The lowest BCUT2D eigenvalue weighted by Gasteiger charge is -2.22. The Hall–Kier alpha value is -1.94. The molecule has 21 heavy (non-hydrogen) atoms. The lowest BCUT2D eigenvalue weighted by Crippen LogP contribution is -2.23. The minimum absolute atomic E-state index is 0.187. The number of benzene rings is 1. The quantitative estimate of drug-likeness (QED) is 0.917. The minimum atomic E-state index is 0.187. The van der Waals surface area contributed by atoms with E-state index >= 15 is 0 Å². The highest BCUT2D eigenvalue weighted by atomic mass is 35.5. The fourth-order valence-electron chi connectivity index (χ4n) is 2.89. The molecule has 0 unspecified atom stereocenters. The number of rotatable bonds is 2. The van der Waals surface area contributed by atoms with E-state index in [-0.39, 0.29) is 11.2 Å². The van der Waals surface area contributed by atoms with Crippen molar-refractivity contribution in [1.82, 2.24) is 9.97 Å². The average molecular weight is 300 g/mol. The minimum Gasteiger partial charge on any atom is -0.324 e. The van der Waals surface area contributed by atoms with Crippen LogP contribution in [0.3, 0.4) is 0 Å². The summed E-state index contributed by atoms with van der Waals surface area (Å²) in [7, 11) is 0. The van der Waals surface area contributed by atoms with Crippen LogP contribution < -0.4 is 5.32 Å². The number of halogens is 1. The molecule has 1 heterocycles. The van der Waals surface area contributed by atoms with Crippen LogP contribution in [-0.4, -0.2) is 15.8 Å². The van der Waals surface area contributed by atoms with Gasteiger partial charge < -0.3 is 5.32 Å². The molecule has 0 atom stereocenters. The summed E-state index contributed by atoms with van der Waals surface area (Å²) in [4.78, 5) is 20.9. The van der Waals surface area contributed by atoms with Crippen LogP contribution in [0.1, 0.15) is 35.3 Å². The van der Waals surface area contributed by atoms with Crippen LogP contribution >= 0.6 is 11.6 Å². The Morgan fingerprint density at radius 3 is 2.62 bits per heavy atom. The lowest BCUT2D eigenvalue weighted by atomic mass is 9.84. The number of carbonyl (C=O) groups is 1. The second-order valence-corrected chi connectivity index (χ2v) is 6.40. The molecule has 1 aromatic heterocycles. The first-order valence-electron chi connectivity index (χ1n) is 7.05. The summed E-state index contributed by atoms with van der Waals surface area (Å²) in [6.07, 6.45) is 5.49. The van der Waals surface area contributed by atoms with Crippen LogP contribution in [0.15, 0.2) is 30.5 Å². The van der Waals surface area contributed by atoms with Crippen molar-refractivity contribution in [3.05, 3.63) is 46.7 Å². The van der Waals surface area contributed by atoms with E-state index in [0.717, 1.165) is 30.6 Å². The van der Waals surface area contributed by atoms with Crippen molar-refractivity contribution >= 4 is 29.0 Å². The second kappa shape index (κ2) is 4.53. The lowest BCUT2D eigenvalue weighted by molar-refractivity contribution is 0.0939. The number of nitrogens with zero attached hydrogens (tertiary/aromatic N) is 2. The molecule has 2 aliphatic carbocycles. The zero-order valence-corrected chi connectivity index (χ0v) is 12.2. The summed E-state index contributed by atoms with van der Waals surface area (Å²) in [5.41, 5.74) is 2.66. The standard InChI is InChI=1S/C16H14ClN3O/c17-10-1-3-11(4-2-10)19-15-18-9-12-13(20-15)7-16(5-6-16)8-14(12)21/h1-4,9H,5-8H2,(H,18,19,20). The van der Waals surface area contributed by atoms with Gasteiger partial charge in [0.15, 0.2) is 5.78 Å². The SMILES string of the molecule is O=C1CC2(CC2)Cc2nc(Nc3ccc(Cl)cc3)ncc21. The van der Waals surface area contributed by atoms with Crippen LogP contribution in [-0.2, 0) is 6.42 Å². The highest BCUT2D eigenvalue weighted by Crippen LogP contribution is 2.54. The van der Waals surface area contributed by atoms with E-state index < -0.39 is 0 Å². The van der Waals surface area contributed by atoms with Crippen molar-refractivity contribution in [2.24, 2.45) is 5.41 Å². The molecule has 0 aliphatic heterocycles. The van der Waals surface area contributed by atoms with Crippen molar-refractivity contribution in [2.75, 3.05) is 5.32 Å². The van der Waals surface area contributed by atoms with Crippen molar-refractivity contribution in [3.63, 3.8) is 0 Å². The monoisotopic (exact) mass is 299 g/mol. The zero-order valence-electron chi connectivity index (χ0n) is 11.4. The highest BCUT2D eigenvalue weighted by molar-refractivity contribution is 6.30. The average Bonchev–Trinajstić information content (AvgIpc) is 3.20. The number of aromatic nitrogens is 2. The summed E-state index contributed by atoms with van der Waals surface area (Å²) in [5, 5.41) is 3.84. The molecule has 1 aromatic carbocycles. The second-order valence-electron chi connectivity index (χ2n) is 5.96. The zero-order chi connectivity index (χ0) is 14.4. The van der Waals surface area contributed by atoms with Gasteiger partial charge in [-0.1, -0.05) is 11.6 Å². The van der Waals surface area contributed by atoms with Gasteiger partial charge in [0.25, 0.3) is 0 Å².